The van der Waals surface area contributed by atoms with E-state index in [4.69, 9.17) is 21.1 Å². The minimum absolute atomic E-state index is 0.0873. The molecule has 5 rings (SSSR count). The highest BCUT2D eigenvalue weighted by molar-refractivity contribution is 6.29. The van der Waals surface area contributed by atoms with E-state index in [1.54, 1.807) is 18.2 Å². The van der Waals surface area contributed by atoms with Crippen LogP contribution >= 0.6 is 11.6 Å². The Labute approximate surface area is 183 Å². The number of alkyl halides is 2. The van der Waals surface area contributed by atoms with E-state index >= 15 is 0 Å². The molecule has 0 radical (unpaired) electrons. The van der Waals surface area contributed by atoms with Gasteiger partial charge in [-0.05, 0) is 24.0 Å². The SMILES string of the molecule is COc1nc(Cl)cc2c1C1(O)CCC(c3ccccc3)C1(c1ccc(C(F)F)cc1)O2. The number of aliphatic hydroxyl groups is 1. The summed E-state index contributed by atoms with van der Waals surface area (Å²) >= 11 is 6.17. The Hall–Kier alpha value is -2.70. The second-order valence-corrected chi connectivity index (χ2v) is 8.34. The highest BCUT2D eigenvalue weighted by atomic mass is 35.5. The van der Waals surface area contributed by atoms with Crippen LogP contribution in [0.15, 0.2) is 60.7 Å². The first kappa shape index (κ1) is 20.2. The number of rotatable bonds is 4. The van der Waals surface area contributed by atoms with Crippen LogP contribution in [0.25, 0.3) is 0 Å². The van der Waals surface area contributed by atoms with Gasteiger partial charge in [0.15, 0.2) is 5.60 Å². The first-order valence-corrected chi connectivity index (χ1v) is 10.4. The van der Waals surface area contributed by atoms with E-state index < -0.39 is 17.6 Å². The predicted octanol–water partition coefficient (Wildman–Crippen LogP) is 5.73. The number of hydrogen-bond acceptors (Lipinski definition) is 4. The van der Waals surface area contributed by atoms with Crippen molar-refractivity contribution in [3.8, 4) is 11.6 Å². The monoisotopic (exact) mass is 443 g/mol. The van der Waals surface area contributed by atoms with Gasteiger partial charge in [-0.15, -0.1) is 0 Å². The molecule has 2 aromatic carbocycles. The summed E-state index contributed by atoms with van der Waals surface area (Å²) in [5, 5.41) is 12.3. The molecule has 1 N–H and O–H groups in total. The molecular formula is C24H20ClF2NO3. The molecule has 3 aromatic rings. The molecule has 1 aliphatic heterocycles. The van der Waals surface area contributed by atoms with Crippen molar-refractivity contribution >= 4 is 11.6 Å². The first-order chi connectivity index (χ1) is 14.9. The minimum Gasteiger partial charge on any atom is -0.481 e. The Balaban J connectivity index is 1.76. The fourth-order valence-corrected chi connectivity index (χ4v) is 5.39. The van der Waals surface area contributed by atoms with Gasteiger partial charge in [0.05, 0.1) is 12.7 Å². The van der Waals surface area contributed by atoms with Gasteiger partial charge in [0.2, 0.25) is 5.88 Å². The van der Waals surface area contributed by atoms with Crippen LogP contribution in [0.3, 0.4) is 0 Å². The summed E-state index contributed by atoms with van der Waals surface area (Å²) in [4.78, 5) is 4.23. The number of halogens is 3. The number of aromatic nitrogens is 1. The first-order valence-electron chi connectivity index (χ1n) is 10.0. The van der Waals surface area contributed by atoms with E-state index in [0.717, 1.165) is 5.56 Å². The summed E-state index contributed by atoms with van der Waals surface area (Å²) in [7, 11) is 1.46. The predicted molar refractivity (Wildman–Crippen MR) is 112 cm³/mol. The van der Waals surface area contributed by atoms with Crippen LogP contribution in [0.2, 0.25) is 5.15 Å². The molecular weight excluding hydrogens is 424 g/mol. The molecule has 4 nitrogen and oxygen atoms in total. The second kappa shape index (κ2) is 7.18. The molecule has 160 valence electrons. The fourth-order valence-electron chi connectivity index (χ4n) is 5.21. The van der Waals surface area contributed by atoms with E-state index in [1.165, 1.54) is 19.2 Å². The number of pyridine rings is 1. The smallest absolute Gasteiger partial charge is 0.263 e. The van der Waals surface area contributed by atoms with Crippen LogP contribution in [0.1, 0.15) is 47.4 Å². The van der Waals surface area contributed by atoms with Crippen molar-refractivity contribution in [2.75, 3.05) is 7.11 Å². The summed E-state index contributed by atoms with van der Waals surface area (Å²) in [5.41, 5.74) is -0.761. The molecule has 3 unspecified atom stereocenters. The van der Waals surface area contributed by atoms with Gasteiger partial charge in [-0.3, -0.25) is 0 Å². The molecule has 0 spiro atoms. The van der Waals surface area contributed by atoms with Gasteiger partial charge < -0.3 is 14.6 Å². The molecule has 31 heavy (non-hydrogen) atoms. The van der Waals surface area contributed by atoms with Crippen molar-refractivity contribution in [2.24, 2.45) is 0 Å². The summed E-state index contributed by atoms with van der Waals surface area (Å²) in [6.07, 6.45) is -1.57. The lowest BCUT2D eigenvalue weighted by molar-refractivity contribution is -0.106. The van der Waals surface area contributed by atoms with Crippen LogP contribution in [0.5, 0.6) is 11.6 Å². The normalized spacial score (nSPS) is 26.5. The highest BCUT2D eigenvalue weighted by Gasteiger charge is 2.69. The molecule has 0 saturated heterocycles. The summed E-state index contributed by atoms with van der Waals surface area (Å²) in [5.74, 6) is 0.356. The molecule has 1 aliphatic carbocycles. The lowest BCUT2D eigenvalue weighted by Crippen LogP contribution is -2.48. The van der Waals surface area contributed by atoms with Crippen molar-refractivity contribution in [1.82, 2.24) is 4.98 Å². The van der Waals surface area contributed by atoms with Gasteiger partial charge in [0.25, 0.3) is 6.43 Å². The second-order valence-electron chi connectivity index (χ2n) is 7.95. The average Bonchev–Trinajstić information content (AvgIpc) is 3.20. The number of ether oxygens (including phenoxy) is 2. The molecule has 2 heterocycles. The lowest BCUT2D eigenvalue weighted by atomic mass is 9.72. The molecule has 0 amide bonds. The number of methoxy groups -OCH3 is 1. The largest absolute Gasteiger partial charge is 0.481 e. The van der Waals surface area contributed by atoms with Gasteiger partial charge in [0.1, 0.15) is 16.5 Å². The van der Waals surface area contributed by atoms with Crippen LogP contribution in [-0.2, 0) is 11.2 Å². The van der Waals surface area contributed by atoms with E-state index in [0.29, 0.717) is 29.7 Å². The summed E-state index contributed by atoms with van der Waals surface area (Å²) in [6, 6.07) is 17.3. The van der Waals surface area contributed by atoms with Crippen molar-refractivity contribution in [2.45, 2.75) is 36.4 Å². The molecule has 7 heteroatoms. The molecule has 1 aromatic heterocycles. The Bertz CT molecular complexity index is 1130. The third-order valence-electron chi connectivity index (χ3n) is 6.49. The fraction of sp³-hybridized carbons (Fsp3) is 0.292. The minimum atomic E-state index is -2.58. The van der Waals surface area contributed by atoms with Gasteiger partial charge in [-0.25, -0.2) is 13.8 Å². The van der Waals surface area contributed by atoms with E-state index in [1.807, 2.05) is 30.3 Å². The molecule has 2 aliphatic rings. The molecule has 1 fully saturated rings. The van der Waals surface area contributed by atoms with Gasteiger partial charge in [-0.2, -0.15) is 0 Å². The lowest BCUT2D eigenvalue weighted by Gasteiger charge is -2.40. The van der Waals surface area contributed by atoms with Crippen LogP contribution in [0.4, 0.5) is 8.78 Å². The standard InChI is InChI=1S/C24H20ClF2NO3/c1-30-22-20-18(13-19(25)28-22)31-24(16-9-7-15(8-10-16)21(26)27)17(11-12-23(20,24)29)14-5-3-2-4-6-14/h2-10,13,17,21,29H,11-12H2,1H3. The Morgan fingerprint density at radius 1 is 1.16 bits per heavy atom. The third-order valence-corrected chi connectivity index (χ3v) is 6.68. The Kier molecular flexibility index (Phi) is 4.68. The maximum absolute atomic E-state index is 13.2. The van der Waals surface area contributed by atoms with E-state index in [9.17, 15) is 13.9 Å². The Morgan fingerprint density at radius 3 is 2.52 bits per heavy atom. The van der Waals surface area contributed by atoms with E-state index in [2.05, 4.69) is 4.98 Å². The zero-order chi connectivity index (χ0) is 21.8. The van der Waals surface area contributed by atoms with Crippen LogP contribution < -0.4 is 9.47 Å². The van der Waals surface area contributed by atoms with Crippen LogP contribution in [0, 0.1) is 0 Å². The Morgan fingerprint density at radius 2 is 1.87 bits per heavy atom. The zero-order valence-electron chi connectivity index (χ0n) is 16.7. The number of benzene rings is 2. The van der Waals surface area contributed by atoms with Crippen molar-refractivity contribution in [1.29, 1.82) is 0 Å². The third kappa shape index (κ3) is 2.78. The summed E-state index contributed by atoms with van der Waals surface area (Å²) < 4.78 is 38.4. The van der Waals surface area contributed by atoms with Gasteiger partial charge >= 0.3 is 0 Å². The molecule has 3 atom stereocenters. The zero-order valence-corrected chi connectivity index (χ0v) is 17.4. The van der Waals surface area contributed by atoms with Crippen molar-refractivity contribution < 1.29 is 23.4 Å². The number of hydrogen-bond donors (Lipinski definition) is 1. The average molecular weight is 444 g/mol. The summed E-state index contributed by atoms with van der Waals surface area (Å²) in [6.45, 7) is 0. The van der Waals surface area contributed by atoms with Crippen molar-refractivity contribution in [3.63, 3.8) is 0 Å². The molecule has 0 bridgehead atoms. The highest BCUT2D eigenvalue weighted by Crippen LogP contribution is 2.68. The van der Waals surface area contributed by atoms with Crippen molar-refractivity contribution in [3.05, 3.63) is 88.1 Å². The van der Waals surface area contributed by atoms with E-state index in [-0.39, 0.29) is 22.5 Å². The number of nitrogens with zero attached hydrogens (tertiary/aromatic N) is 1. The maximum Gasteiger partial charge on any atom is 0.263 e. The maximum atomic E-state index is 13.2. The van der Waals surface area contributed by atoms with Gasteiger partial charge in [-0.1, -0.05) is 66.2 Å². The van der Waals surface area contributed by atoms with Gasteiger partial charge in [0, 0.05) is 17.5 Å². The molecule has 1 saturated carbocycles. The number of fused-ring (bicyclic) bond motifs is 3. The topological polar surface area (TPSA) is 51.6 Å². The van der Waals surface area contributed by atoms with Crippen LogP contribution in [-0.4, -0.2) is 17.2 Å². The quantitative estimate of drug-likeness (QED) is 0.523.